The molecule has 0 spiro atoms. The molecular weight excluding hydrogens is 520 g/mol. The third-order valence-electron chi connectivity index (χ3n) is 6.57. The highest BCUT2D eigenvalue weighted by atomic mass is 19.4. The molecule has 4 heterocycles. The number of anilines is 1. The molecule has 38 heavy (non-hydrogen) atoms. The number of carbonyl (C=O) groups is 1. The number of amides is 1. The summed E-state index contributed by atoms with van der Waals surface area (Å²) in [6.45, 7) is 5.57. The van der Waals surface area contributed by atoms with Gasteiger partial charge in [-0.3, -0.25) is 10.2 Å². The van der Waals surface area contributed by atoms with E-state index in [1.807, 2.05) is 0 Å². The second kappa shape index (κ2) is 11.2. The summed E-state index contributed by atoms with van der Waals surface area (Å²) in [5.41, 5.74) is 0.138. The number of alkyl halides is 6. The van der Waals surface area contributed by atoms with Crippen molar-refractivity contribution in [1.29, 1.82) is 0 Å². The summed E-state index contributed by atoms with van der Waals surface area (Å²) in [4.78, 5) is 25.1. The summed E-state index contributed by atoms with van der Waals surface area (Å²) in [6, 6.07) is -0.290. The minimum atomic E-state index is -4.59. The molecule has 2 saturated heterocycles. The van der Waals surface area contributed by atoms with E-state index in [4.69, 9.17) is 4.74 Å². The number of carbonyl (C=O) groups excluding carboxylic acids is 1. The van der Waals surface area contributed by atoms with E-state index in [9.17, 15) is 31.1 Å². The largest absolute Gasteiger partial charge is 0.420 e. The minimum Gasteiger partial charge on any atom is -0.379 e. The highest BCUT2D eigenvalue weighted by molar-refractivity contribution is 5.82. The molecule has 1 N–H and O–H groups in total. The molecule has 3 aliphatic heterocycles. The third-order valence-corrected chi connectivity index (χ3v) is 6.57. The van der Waals surface area contributed by atoms with Crippen molar-refractivity contribution in [1.82, 2.24) is 25.2 Å². The number of allylic oxidation sites excluding steroid dienone is 2. The Morgan fingerprint density at radius 3 is 2.37 bits per heavy atom. The molecule has 15 heteroatoms. The van der Waals surface area contributed by atoms with Crippen LogP contribution in [0, 0.1) is 0 Å². The van der Waals surface area contributed by atoms with Crippen molar-refractivity contribution in [2.75, 3.05) is 50.8 Å². The van der Waals surface area contributed by atoms with Crippen LogP contribution >= 0.6 is 0 Å². The van der Waals surface area contributed by atoms with Gasteiger partial charge in [0.1, 0.15) is 5.57 Å². The van der Waals surface area contributed by atoms with Gasteiger partial charge in [-0.2, -0.15) is 31.4 Å². The number of aromatic nitrogens is 2. The van der Waals surface area contributed by atoms with Crippen LogP contribution in [0.5, 0.6) is 0 Å². The van der Waals surface area contributed by atoms with Gasteiger partial charge in [-0.05, 0) is 12.8 Å². The molecule has 1 amide bonds. The SMILES string of the molecule is C=C1NN=CC(N2CCC[C@H]2COCCC(=O)N2CCN(c3ncc(C(F)(F)F)cn3)CC2)=C1C(F)(F)F. The van der Waals surface area contributed by atoms with Crippen LogP contribution in [0.3, 0.4) is 0 Å². The fourth-order valence-electron chi connectivity index (χ4n) is 4.63. The Kier molecular flexibility index (Phi) is 8.13. The molecule has 1 aromatic heterocycles. The fraction of sp³-hybridized carbons (Fsp3) is 0.565. The molecule has 4 rings (SSSR count). The van der Waals surface area contributed by atoms with E-state index < -0.39 is 23.5 Å². The zero-order valence-corrected chi connectivity index (χ0v) is 20.4. The van der Waals surface area contributed by atoms with Gasteiger partial charge < -0.3 is 19.4 Å². The Morgan fingerprint density at radius 2 is 1.74 bits per heavy atom. The molecule has 1 atom stereocenters. The number of likely N-dealkylation sites (tertiary alicyclic amines) is 1. The van der Waals surface area contributed by atoms with Crippen molar-refractivity contribution in [3.05, 3.63) is 41.5 Å². The van der Waals surface area contributed by atoms with Gasteiger partial charge in [0.05, 0.1) is 48.8 Å². The molecule has 1 aromatic rings. The van der Waals surface area contributed by atoms with Crippen LogP contribution in [0.2, 0.25) is 0 Å². The molecule has 0 unspecified atom stereocenters. The zero-order chi connectivity index (χ0) is 27.5. The molecule has 9 nitrogen and oxygen atoms in total. The van der Waals surface area contributed by atoms with Gasteiger partial charge in [0, 0.05) is 45.1 Å². The summed E-state index contributed by atoms with van der Waals surface area (Å²) in [5.74, 6) is 0.0193. The lowest BCUT2D eigenvalue weighted by molar-refractivity contribution is -0.138. The number of halogens is 6. The molecule has 0 aliphatic carbocycles. The zero-order valence-electron chi connectivity index (χ0n) is 20.4. The number of hydrazone groups is 1. The molecule has 208 valence electrons. The third kappa shape index (κ3) is 6.37. The first kappa shape index (κ1) is 27.7. The standard InChI is InChI=1S/C23H27F6N7O2/c1-15-20(23(27,28)29)18(13-32-33-15)36-5-2-3-17(36)14-38-10-4-19(37)34-6-8-35(9-7-34)21-30-11-16(12-31-21)22(24,25)26/h11-13,17,33H,1-10,14H2/t17-/m0/s1. The van der Waals surface area contributed by atoms with Gasteiger partial charge in [-0.15, -0.1) is 0 Å². The number of piperazine rings is 1. The summed E-state index contributed by atoms with van der Waals surface area (Å²) < 4.78 is 84.6. The van der Waals surface area contributed by atoms with E-state index in [0.29, 0.717) is 45.6 Å². The van der Waals surface area contributed by atoms with Crippen LogP contribution < -0.4 is 10.3 Å². The molecule has 0 radical (unpaired) electrons. The van der Waals surface area contributed by atoms with E-state index in [0.717, 1.165) is 18.6 Å². The van der Waals surface area contributed by atoms with Crippen molar-refractivity contribution in [3.63, 3.8) is 0 Å². The first-order chi connectivity index (χ1) is 17.9. The number of hydrogen-bond acceptors (Lipinski definition) is 8. The van der Waals surface area contributed by atoms with E-state index >= 15 is 0 Å². The fourth-order valence-corrected chi connectivity index (χ4v) is 4.63. The summed E-state index contributed by atoms with van der Waals surface area (Å²) in [5, 5.41) is 3.77. The Labute approximate surface area is 214 Å². The lowest BCUT2D eigenvalue weighted by Gasteiger charge is -2.35. The van der Waals surface area contributed by atoms with Crippen LogP contribution in [0.1, 0.15) is 24.8 Å². The van der Waals surface area contributed by atoms with Crippen LogP contribution in [0.4, 0.5) is 32.3 Å². The van der Waals surface area contributed by atoms with Crippen molar-refractivity contribution >= 4 is 18.1 Å². The highest BCUT2D eigenvalue weighted by Gasteiger charge is 2.42. The first-order valence-corrected chi connectivity index (χ1v) is 12.0. The van der Waals surface area contributed by atoms with Gasteiger partial charge >= 0.3 is 12.4 Å². The minimum absolute atomic E-state index is 0.0432. The van der Waals surface area contributed by atoms with Crippen LogP contribution in [0.25, 0.3) is 0 Å². The van der Waals surface area contributed by atoms with Gasteiger partial charge in [-0.25, -0.2) is 9.97 Å². The molecule has 0 saturated carbocycles. The lowest BCUT2D eigenvalue weighted by atomic mass is 10.1. The number of hydrogen-bond donors (Lipinski definition) is 1. The van der Waals surface area contributed by atoms with Gasteiger partial charge in [-0.1, -0.05) is 6.58 Å². The predicted molar refractivity (Wildman–Crippen MR) is 125 cm³/mol. The monoisotopic (exact) mass is 547 g/mol. The van der Waals surface area contributed by atoms with E-state index in [-0.39, 0.29) is 48.9 Å². The Balaban J connectivity index is 1.23. The Bertz CT molecular complexity index is 1080. The highest BCUT2D eigenvalue weighted by Crippen LogP contribution is 2.36. The number of nitrogens with one attached hydrogen (secondary N) is 1. The van der Waals surface area contributed by atoms with E-state index in [1.165, 1.54) is 0 Å². The maximum absolute atomic E-state index is 13.6. The van der Waals surface area contributed by atoms with Gasteiger partial charge in [0.15, 0.2) is 0 Å². The van der Waals surface area contributed by atoms with Crippen LogP contribution in [0.15, 0.2) is 41.0 Å². The molecule has 0 bridgehead atoms. The van der Waals surface area contributed by atoms with Crippen molar-refractivity contribution in [2.45, 2.75) is 37.7 Å². The molecular formula is C23H27F6N7O2. The first-order valence-electron chi connectivity index (χ1n) is 12.0. The quantitative estimate of drug-likeness (QED) is 0.415. The maximum atomic E-state index is 13.6. The Morgan fingerprint density at radius 1 is 1.05 bits per heavy atom. The van der Waals surface area contributed by atoms with Crippen molar-refractivity contribution in [3.8, 4) is 0 Å². The second-order valence-electron chi connectivity index (χ2n) is 9.06. The van der Waals surface area contributed by atoms with Gasteiger partial charge in [0.2, 0.25) is 11.9 Å². The normalized spacial score (nSPS) is 20.8. The summed E-state index contributed by atoms with van der Waals surface area (Å²) in [7, 11) is 0. The summed E-state index contributed by atoms with van der Waals surface area (Å²) in [6.07, 6.45) is -5.05. The maximum Gasteiger partial charge on any atom is 0.420 e. The van der Waals surface area contributed by atoms with E-state index in [2.05, 4.69) is 27.1 Å². The van der Waals surface area contributed by atoms with Crippen LogP contribution in [-0.2, 0) is 15.7 Å². The van der Waals surface area contributed by atoms with E-state index in [1.54, 1.807) is 14.7 Å². The summed E-state index contributed by atoms with van der Waals surface area (Å²) >= 11 is 0. The average Bonchev–Trinajstić information content (AvgIpc) is 3.34. The Hall–Kier alpha value is -3.36. The number of ether oxygens (including phenoxy) is 1. The van der Waals surface area contributed by atoms with Crippen molar-refractivity contribution < 1.29 is 35.9 Å². The van der Waals surface area contributed by atoms with Gasteiger partial charge in [0.25, 0.3) is 0 Å². The molecule has 2 fully saturated rings. The lowest BCUT2D eigenvalue weighted by Crippen LogP contribution is -2.49. The smallest absolute Gasteiger partial charge is 0.379 e. The molecule has 3 aliphatic rings. The second-order valence-corrected chi connectivity index (χ2v) is 9.06. The predicted octanol–water partition coefficient (Wildman–Crippen LogP) is 2.93. The molecule has 0 aromatic carbocycles. The number of rotatable bonds is 7. The van der Waals surface area contributed by atoms with Crippen molar-refractivity contribution in [2.24, 2.45) is 5.10 Å². The topological polar surface area (TPSA) is 86.2 Å². The van der Waals surface area contributed by atoms with Crippen LogP contribution in [-0.4, -0.2) is 90.0 Å². The average molecular weight is 548 g/mol. The number of nitrogens with zero attached hydrogens (tertiary/aromatic N) is 6.